The molecule has 0 bridgehead atoms. The minimum Gasteiger partial charge on any atom is -0.480 e. The van der Waals surface area contributed by atoms with Crippen molar-refractivity contribution in [3.8, 4) is 0 Å². The van der Waals surface area contributed by atoms with Crippen LogP contribution in [0.1, 0.15) is 46.0 Å². The zero-order chi connectivity index (χ0) is 12.8. The van der Waals surface area contributed by atoms with Crippen LogP contribution >= 0.6 is 0 Å². The predicted molar refractivity (Wildman–Crippen MR) is 64.8 cm³/mol. The van der Waals surface area contributed by atoms with Gasteiger partial charge in [-0.05, 0) is 25.7 Å². The minimum absolute atomic E-state index is 0.110. The first-order chi connectivity index (χ1) is 8.02. The molecule has 0 aromatic heterocycles. The Bertz CT molecular complexity index is 277. The predicted octanol–water partition coefficient (Wildman–Crippen LogP) is 1.73. The van der Waals surface area contributed by atoms with Gasteiger partial charge in [0.25, 0.3) is 0 Å². The maximum absolute atomic E-state index is 11.6. The molecule has 3 N–H and O–H groups in total. The molecular weight excluding hydrogens is 220 g/mol. The van der Waals surface area contributed by atoms with Gasteiger partial charge in [-0.15, -0.1) is 0 Å². The van der Waals surface area contributed by atoms with E-state index < -0.39 is 12.0 Å². The molecule has 5 heteroatoms. The average Bonchev–Trinajstić information content (AvgIpc) is 3.00. The molecule has 98 valence electrons. The summed E-state index contributed by atoms with van der Waals surface area (Å²) in [6.07, 6.45) is 4.68. The number of nitrogens with one attached hydrogen (secondary N) is 2. The van der Waals surface area contributed by atoms with E-state index in [1.165, 1.54) is 12.8 Å². The summed E-state index contributed by atoms with van der Waals surface area (Å²) in [7, 11) is 0. The Morgan fingerprint density at radius 3 is 2.47 bits per heavy atom. The lowest BCUT2D eigenvalue weighted by Crippen LogP contribution is -2.48. The number of urea groups is 1. The molecule has 2 unspecified atom stereocenters. The van der Waals surface area contributed by atoms with Crippen LogP contribution in [0.5, 0.6) is 0 Å². The molecule has 1 fully saturated rings. The molecule has 0 spiro atoms. The number of amides is 2. The molecular formula is C12H22N2O3. The Hall–Kier alpha value is -1.26. The third kappa shape index (κ3) is 5.56. The molecule has 0 aromatic rings. The lowest BCUT2D eigenvalue weighted by molar-refractivity contribution is -0.139. The van der Waals surface area contributed by atoms with E-state index in [2.05, 4.69) is 10.6 Å². The Morgan fingerprint density at radius 2 is 2.00 bits per heavy atom. The van der Waals surface area contributed by atoms with Gasteiger partial charge in [0.1, 0.15) is 6.04 Å². The zero-order valence-electron chi connectivity index (χ0n) is 10.5. The highest BCUT2D eigenvalue weighted by Gasteiger charge is 2.25. The van der Waals surface area contributed by atoms with Crippen LogP contribution in [0.4, 0.5) is 4.79 Å². The van der Waals surface area contributed by atoms with Gasteiger partial charge >= 0.3 is 12.0 Å². The van der Waals surface area contributed by atoms with Gasteiger partial charge in [0, 0.05) is 6.04 Å². The van der Waals surface area contributed by atoms with E-state index in [9.17, 15) is 9.59 Å². The second-order valence-corrected chi connectivity index (χ2v) is 4.88. The van der Waals surface area contributed by atoms with Crippen LogP contribution in [-0.2, 0) is 4.79 Å². The van der Waals surface area contributed by atoms with Crippen LogP contribution in [0.3, 0.4) is 0 Å². The van der Waals surface area contributed by atoms with Crippen LogP contribution in [0, 0.1) is 5.92 Å². The summed E-state index contributed by atoms with van der Waals surface area (Å²) in [5.41, 5.74) is 0. The van der Waals surface area contributed by atoms with Gasteiger partial charge in [-0.2, -0.15) is 0 Å². The Labute approximate surface area is 102 Å². The van der Waals surface area contributed by atoms with Crippen LogP contribution in [-0.4, -0.2) is 29.2 Å². The number of rotatable bonds is 7. The molecule has 5 nitrogen and oxygen atoms in total. The highest BCUT2D eigenvalue weighted by Crippen LogP contribution is 2.33. The maximum atomic E-state index is 11.6. The second kappa shape index (κ2) is 6.47. The topological polar surface area (TPSA) is 78.4 Å². The summed E-state index contributed by atoms with van der Waals surface area (Å²) in [5, 5.41) is 14.2. The molecule has 1 saturated carbocycles. The monoisotopic (exact) mass is 242 g/mol. The van der Waals surface area contributed by atoms with E-state index in [1.807, 2.05) is 13.8 Å². The summed E-state index contributed by atoms with van der Waals surface area (Å²) in [6.45, 7) is 3.85. The number of carbonyl (C=O) groups is 2. The van der Waals surface area contributed by atoms with Crippen molar-refractivity contribution >= 4 is 12.0 Å². The van der Waals surface area contributed by atoms with Gasteiger partial charge < -0.3 is 15.7 Å². The van der Waals surface area contributed by atoms with Gasteiger partial charge in [-0.25, -0.2) is 9.59 Å². The van der Waals surface area contributed by atoms with E-state index in [-0.39, 0.29) is 12.1 Å². The Balaban J connectivity index is 2.27. The standard InChI is InChI=1S/C12H22N2O3/c1-3-4-10(11(15)16)14-12(17)13-8(2)7-9-5-6-9/h8-10H,3-7H2,1-2H3,(H,15,16)(H2,13,14,17). The lowest BCUT2D eigenvalue weighted by Gasteiger charge is -2.17. The van der Waals surface area contributed by atoms with Crippen molar-refractivity contribution in [1.82, 2.24) is 10.6 Å². The summed E-state index contributed by atoms with van der Waals surface area (Å²) < 4.78 is 0. The van der Waals surface area contributed by atoms with Crippen LogP contribution in [0.15, 0.2) is 0 Å². The SMILES string of the molecule is CCCC(NC(=O)NC(C)CC1CC1)C(=O)O. The third-order valence-corrected chi connectivity index (χ3v) is 2.94. The number of hydrogen-bond donors (Lipinski definition) is 3. The van der Waals surface area contributed by atoms with Gasteiger partial charge in [0.15, 0.2) is 0 Å². The van der Waals surface area contributed by atoms with Crippen molar-refractivity contribution in [2.45, 2.75) is 58.0 Å². The van der Waals surface area contributed by atoms with Gasteiger partial charge in [0.05, 0.1) is 0 Å². The molecule has 2 amide bonds. The van der Waals surface area contributed by atoms with Crippen molar-refractivity contribution in [3.63, 3.8) is 0 Å². The first kappa shape index (κ1) is 13.8. The summed E-state index contributed by atoms with van der Waals surface area (Å²) in [4.78, 5) is 22.4. The summed E-state index contributed by atoms with van der Waals surface area (Å²) in [5.74, 6) is -0.229. The fourth-order valence-corrected chi connectivity index (χ4v) is 1.88. The maximum Gasteiger partial charge on any atom is 0.326 e. The first-order valence-corrected chi connectivity index (χ1v) is 6.32. The number of hydrogen-bond acceptors (Lipinski definition) is 2. The number of aliphatic carboxylic acids is 1. The van der Waals surface area contributed by atoms with Crippen molar-refractivity contribution in [3.05, 3.63) is 0 Å². The highest BCUT2D eigenvalue weighted by atomic mass is 16.4. The zero-order valence-corrected chi connectivity index (χ0v) is 10.5. The molecule has 0 radical (unpaired) electrons. The average molecular weight is 242 g/mol. The highest BCUT2D eigenvalue weighted by molar-refractivity contribution is 5.82. The second-order valence-electron chi connectivity index (χ2n) is 4.88. The lowest BCUT2D eigenvalue weighted by atomic mass is 10.1. The van der Waals surface area contributed by atoms with E-state index in [0.29, 0.717) is 6.42 Å². The molecule has 17 heavy (non-hydrogen) atoms. The largest absolute Gasteiger partial charge is 0.480 e. The smallest absolute Gasteiger partial charge is 0.326 e. The van der Waals surface area contributed by atoms with Gasteiger partial charge in [0.2, 0.25) is 0 Å². The van der Waals surface area contributed by atoms with E-state index in [4.69, 9.17) is 5.11 Å². The van der Waals surface area contributed by atoms with Crippen LogP contribution < -0.4 is 10.6 Å². The van der Waals surface area contributed by atoms with Crippen molar-refractivity contribution in [1.29, 1.82) is 0 Å². The van der Waals surface area contributed by atoms with Crippen molar-refractivity contribution in [2.75, 3.05) is 0 Å². The fourth-order valence-electron chi connectivity index (χ4n) is 1.88. The van der Waals surface area contributed by atoms with Crippen molar-refractivity contribution in [2.24, 2.45) is 5.92 Å². The van der Waals surface area contributed by atoms with Crippen LogP contribution in [0.25, 0.3) is 0 Å². The number of carboxylic acid groups (broad SMARTS) is 1. The molecule has 0 heterocycles. The quantitative estimate of drug-likeness (QED) is 0.636. The van der Waals surface area contributed by atoms with E-state index >= 15 is 0 Å². The molecule has 0 aromatic carbocycles. The van der Waals surface area contributed by atoms with Crippen LogP contribution in [0.2, 0.25) is 0 Å². The Kier molecular flexibility index (Phi) is 5.25. The van der Waals surface area contributed by atoms with E-state index in [0.717, 1.165) is 18.8 Å². The van der Waals surface area contributed by atoms with E-state index in [1.54, 1.807) is 0 Å². The molecule has 1 aliphatic rings. The molecule has 1 aliphatic carbocycles. The Morgan fingerprint density at radius 1 is 1.35 bits per heavy atom. The van der Waals surface area contributed by atoms with Gasteiger partial charge in [-0.3, -0.25) is 0 Å². The normalized spacial score (nSPS) is 18.2. The number of carbonyl (C=O) groups excluding carboxylic acids is 1. The summed E-state index contributed by atoms with van der Waals surface area (Å²) >= 11 is 0. The van der Waals surface area contributed by atoms with Crippen molar-refractivity contribution < 1.29 is 14.7 Å². The molecule has 0 aliphatic heterocycles. The number of carboxylic acids is 1. The summed E-state index contributed by atoms with van der Waals surface area (Å²) in [6, 6.07) is -1.05. The molecule has 2 atom stereocenters. The minimum atomic E-state index is -0.975. The third-order valence-electron chi connectivity index (χ3n) is 2.94. The van der Waals surface area contributed by atoms with Gasteiger partial charge in [-0.1, -0.05) is 26.2 Å². The molecule has 1 rings (SSSR count). The first-order valence-electron chi connectivity index (χ1n) is 6.32. The molecule has 0 saturated heterocycles. The fraction of sp³-hybridized carbons (Fsp3) is 0.833.